The fraction of sp³-hybridized carbons (Fsp3) is 0.667. The number of hydrogen-bond acceptors (Lipinski definition) is 6. The Hall–Kier alpha value is -1.83. The molecule has 0 saturated carbocycles. The van der Waals surface area contributed by atoms with Crippen LogP contribution in [-0.4, -0.2) is 64.6 Å². The fourth-order valence-electron chi connectivity index (χ4n) is 2.58. The van der Waals surface area contributed by atoms with Gasteiger partial charge in [0.05, 0.1) is 6.04 Å². The monoisotopic (exact) mass is 311 g/mol. The lowest BCUT2D eigenvalue weighted by Gasteiger charge is -2.36. The summed E-state index contributed by atoms with van der Waals surface area (Å²) in [5, 5.41) is 6.15. The first-order valence-corrected chi connectivity index (χ1v) is 7.50. The van der Waals surface area contributed by atoms with Gasteiger partial charge >= 0.3 is 6.03 Å². The van der Waals surface area contributed by atoms with Crippen molar-refractivity contribution in [3.8, 4) is 0 Å². The number of urea groups is 1. The molecular formula is C12H18ClN7O. The normalized spacial score (nSPS) is 21.2. The number of anilines is 2. The van der Waals surface area contributed by atoms with E-state index in [0.717, 1.165) is 13.0 Å². The molecule has 9 heteroatoms. The average molecular weight is 312 g/mol. The second-order valence-corrected chi connectivity index (χ2v) is 5.47. The average Bonchev–Trinajstić information content (AvgIpc) is 2.85. The van der Waals surface area contributed by atoms with E-state index in [0.29, 0.717) is 38.1 Å². The predicted octanol–water partition coefficient (Wildman–Crippen LogP) is 0.561. The SMILES string of the molecule is CCCNc1nc(Cl)nc(N2CCN3C(=O)NCC3C2)n1. The summed E-state index contributed by atoms with van der Waals surface area (Å²) in [6.07, 6.45) is 0.979. The van der Waals surface area contributed by atoms with Crippen molar-refractivity contribution < 1.29 is 4.79 Å². The van der Waals surface area contributed by atoms with Crippen molar-refractivity contribution in [2.75, 3.05) is 42.9 Å². The summed E-state index contributed by atoms with van der Waals surface area (Å²) >= 11 is 5.98. The van der Waals surface area contributed by atoms with Crippen LogP contribution in [0.4, 0.5) is 16.7 Å². The number of piperazine rings is 1. The molecule has 0 radical (unpaired) electrons. The van der Waals surface area contributed by atoms with Gasteiger partial charge in [0.1, 0.15) is 0 Å². The van der Waals surface area contributed by atoms with Crippen LogP contribution in [0, 0.1) is 0 Å². The van der Waals surface area contributed by atoms with Crippen LogP contribution in [0.5, 0.6) is 0 Å². The molecule has 1 unspecified atom stereocenters. The Kier molecular flexibility index (Phi) is 3.96. The van der Waals surface area contributed by atoms with Crippen molar-refractivity contribution >= 4 is 29.5 Å². The number of hydrogen-bond donors (Lipinski definition) is 2. The number of halogens is 1. The Bertz CT molecular complexity index is 540. The summed E-state index contributed by atoms with van der Waals surface area (Å²) in [5.74, 6) is 1.06. The summed E-state index contributed by atoms with van der Waals surface area (Å²) in [4.78, 5) is 28.2. The molecule has 1 aromatic heterocycles. The Morgan fingerprint density at radius 1 is 1.38 bits per heavy atom. The summed E-state index contributed by atoms with van der Waals surface area (Å²) in [6, 6.07) is 0.174. The van der Waals surface area contributed by atoms with Crippen LogP contribution in [-0.2, 0) is 0 Å². The van der Waals surface area contributed by atoms with Crippen molar-refractivity contribution in [1.29, 1.82) is 0 Å². The van der Waals surface area contributed by atoms with Gasteiger partial charge < -0.3 is 20.4 Å². The molecular weight excluding hydrogens is 294 g/mol. The summed E-state index contributed by atoms with van der Waals surface area (Å²) < 4.78 is 0. The zero-order valence-corrected chi connectivity index (χ0v) is 12.6. The Balaban J connectivity index is 1.74. The van der Waals surface area contributed by atoms with Crippen molar-refractivity contribution in [2.45, 2.75) is 19.4 Å². The molecule has 0 aromatic carbocycles. The Morgan fingerprint density at radius 3 is 3.05 bits per heavy atom. The molecule has 0 spiro atoms. The molecule has 3 heterocycles. The van der Waals surface area contributed by atoms with E-state index in [-0.39, 0.29) is 17.4 Å². The molecule has 0 aliphatic carbocycles. The van der Waals surface area contributed by atoms with E-state index in [1.807, 2.05) is 9.80 Å². The molecule has 2 fully saturated rings. The summed E-state index contributed by atoms with van der Waals surface area (Å²) in [6.45, 7) is 5.57. The van der Waals surface area contributed by atoms with E-state index in [9.17, 15) is 4.79 Å². The van der Waals surface area contributed by atoms with Gasteiger partial charge in [-0.15, -0.1) is 0 Å². The maximum atomic E-state index is 11.6. The molecule has 1 atom stereocenters. The predicted molar refractivity (Wildman–Crippen MR) is 79.7 cm³/mol. The summed E-state index contributed by atoms with van der Waals surface area (Å²) in [7, 11) is 0. The second kappa shape index (κ2) is 5.88. The number of amides is 2. The highest BCUT2D eigenvalue weighted by Gasteiger charge is 2.36. The number of nitrogens with zero attached hydrogens (tertiary/aromatic N) is 5. The Labute approximate surface area is 127 Å². The van der Waals surface area contributed by atoms with Crippen molar-refractivity contribution in [1.82, 2.24) is 25.2 Å². The number of carbonyl (C=O) groups is 1. The van der Waals surface area contributed by atoms with Gasteiger partial charge in [-0.3, -0.25) is 0 Å². The van der Waals surface area contributed by atoms with Gasteiger partial charge in [-0.2, -0.15) is 15.0 Å². The van der Waals surface area contributed by atoms with Crippen LogP contribution in [0.3, 0.4) is 0 Å². The third-order valence-corrected chi connectivity index (χ3v) is 3.81. The van der Waals surface area contributed by atoms with Crippen LogP contribution in [0.1, 0.15) is 13.3 Å². The highest BCUT2D eigenvalue weighted by atomic mass is 35.5. The molecule has 3 rings (SSSR count). The highest BCUT2D eigenvalue weighted by molar-refractivity contribution is 6.28. The van der Waals surface area contributed by atoms with Crippen LogP contribution >= 0.6 is 11.6 Å². The molecule has 2 aliphatic rings. The molecule has 2 N–H and O–H groups in total. The molecule has 2 aliphatic heterocycles. The second-order valence-electron chi connectivity index (χ2n) is 5.13. The van der Waals surface area contributed by atoms with Crippen LogP contribution in [0.25, 0.3) is 0 Å². The number of aromatic nitrogens is 3. The van der Waals surface area contributed by atoms with E-state index in [1.165, 1.54) is 0 Å². The first-order valence-electron chi connectivity index (χ1n) is 7.12. The van der Waals surface area contributed by atoms with E-state index < -0.39 is 0 Å². The van der Waals surface area contributed by atoms with E-state index in [2.05, 4.69) is 32.5 Å². The van der Waals surface area contributed by atoms with Gasteiger partial charge in [0.2, 0.25) is 17.2 Å². The number of carbonyl (C=O) groups excluding carboxylic acids is 1. The number of rotatable bonds is 4. The van der Waals surface area contributed by atoms with Gasteiger partial charge in [0.15, 0.2) is 0 Å². The van der Waals surface area contributed by atoms with E-state index in [4.69, 9.17) is 11.6 Å². The first-order chi connectivity index (χ1) is 10.2. The van der Waals surface area contributed by atoms with Gasteiger partial charge in [0.25, 0.3) is 0 Å². The maximum Gasteiger partial charge on any atom is 0.317 e. The highest BCUT2D eigenvalue weighted by Crippen LogP contribution is 2.20. The molecule has 114 valence electrons. The quantitative estimate of drug-likeness (QED) is 0.845. The maximum absolute atomic E-state index is 11.6. The van der Waals surface area contributed by atoms with Gasteiger partial charge in [-0.25, -0.2) is 4.79 Å². The minimum absolute atomic E-state index is 0.0126. The lowest BCUT2D eigenvalue weighted by Crippen LogP contribution is -2.52. The van der Waals surface area contributed by atoms with E-state index >= 15 is 0 Å². The molecule has 8 nitrogen and oxygen atoms in total. The number of nitrogens with one attached hydrogen (secondary N) is 2. The third kappa shape index (κ3) is 2.94. The minimum Gasteiger partial charge on any atom is -0.354 e. The largest absolute Gasteiger partial charge is 0.354 e. The zero-order valence-electron chi connectivity index (χ0n) is 11.8. The van der Waals surface area contributed by atoms with Crippen molar-refractivity contribution in [3.05, 3.63) is 5.28 Å². The molecule has 21 heavy (non-hydrogen) atoms. The van der Waals surface area contributed by atoms with Crippen molar-refractivity contribution in [3.63, 3.8) is 0 Å². The smallest absolute Gasteiger partial charge is 0.317 e. The van der Waals surface area contributed by atoms with Crippen molar-refractivity contribution in [2.24, 2.45) is 0 Å². The van der Waals surface area contributed by atoms with Crippen LogP contribution in [0.15, 0.2) is 0 Å². The van der Waals surface area contributed by atoms with Gasteiger partial charge in [-0.05, 0) is 18.0 Å². The molecule has 1 aromatic rings. The topological polar surface area (TPSA) is 86.3 Å². The summed E-state index contributed by atoms with van der Waals surface area (Å²) in [5.41, 5.74) is 0. The van der Waals surface area contributed by atoms with Crippen LogP contribution < -0.4 is 15.5 Å². The first kappa shape index (κ1) is 14.1. The zero-order chi connectivity index (χ0) is 14.8. The standard InChI is InChI=1S/C12H18ClN7O/c1-2-3-14-10-16-9(13)17-11(18-10)19-4-5-20-8(7-19)6-15-12(20)21/h8H,2-7H2,1H3,(H,15,21)(H,14,16,17,18). The molecule has 2 saturated heterocycles. The third-order valence-electron chi connectivity index (χ3n) is 3.64. The lowest BCUT2D eigenvalue weighted by molar-refractivity contribution is 0.197. The lowest BCUT2D eigenvalue weighted by atomic mass is 10.2. The minimum atomic E-state index is 0.0126. The number of fused-ring (bicyclic) bond motifs is 1. The fourth-order valence-corrected chi connectivity index (χ4v) is 2.74. The Morgan fingerprint density at radius 2 is 2.24 bits per heavy atom. The van der Waals surface area contributed by atoms with Gasteiger partial charge in [-0.1, -0.05) is 6.92 Å². The molecule has 0 bridgehead atoms. The van der Waals surface area contributed by atoms with E-state index in [1.54, 1.807) is 0 Å². The van der Waals surface area contributed by atoms with Gasteiger partial charge in [0, 0.05) is 32.7 Å². The molecule has 2 amide bonds. The van der Waals surface area contributed by atoms with Crippen LogP contribution in [0.2, 0.25) is 5.28 Å².